The third kappa shape index (κ3) is 3.74. The summed E-state index contributed by atoms with van der Waals surface area (Å²) in [6, 6.07) is 4.37. The van der Waals surface area contributed by atoms with Crippen molar-refractivity contribution in [3.8, 4) is 0 Å². The molecule has 1 fully saturated rings. The Morgan fingerprint density at radius 3 is 3.00 bits per heavy atom. The van der Waals surface area contributed by atoms with Crippen molar-refractivity contribution in [1.29, 1.82) is 0 Å². The largest absolute Gasteiger partial charge is 0.353 e. The molecule has 5 nitrogen and oxygen atoms in total. The van der Waals surface area contributed by atoms with Crippen LogP contribution in [0.5, 0.6) is 0 Å². The highest BCUT2D eigenvalue weighted by molar-refractivity contribution is 7.10. The summed E-state index contributed by atoms with van der Waals surface area (Å²) in [5.41, 5.74) is 0. The first-order chi connectivity index (χ1) is 10.7. The second-order valence-corrected chi connectivity index (χ2v) is 6.84. The fraction of sp³-hybridized carbons (Fsp3) is 0.562. The lowest BCUT2D eigenvalue weighted by atomic mass is 9.95. The van der Waals surface area contributed by atoms with Gasteiger partial charge < -0.3 is 9.84 Å². The molecule has 1 N–H and O–H groups in total. The van der Waals surface area contributed by atoms with Crippen LogP contribution in [0.15, 0.2) is 22.0 Å². The molecule has 1 unspecified atom stereocenters. The SMILES string of the molecule is CC(c1nc(CC(=O)NC2CCCCC2)no1)c1cccs1. The number of carbonyl (C=O) groups is 1. The number of nitrogens with zero attached hydrogens (tertiary/aromatic N) is 2. The van der Waals surface area contributed by atoms with E-state index in [0.717, 1.165) is 12.8 Å². The van der Waals surface area contributed by atoms with Crippen molar-refractivity contribution in [3.63, 3.8) is 0 Å². The number of hydrogen-bond acceptors (Lipinski definition) is 5. The maximum Gasteiger partial charge on any atom is 0.234 e. The number of amides is 1. The summed E-state index contributed by atoms with van der Waals surface area (Å²) in [6.45, 7) is 2.03. The monoisotopic (exact) mass is 319 g/mol. The Hall–Kier alpha value is -1.69. The molecule has 0 aromatic carbocycles. The Morgan fingerprint density at radius 2 is 2.27 bits per heavy atom. The van der Waals surface area contributed by atoms with Crippen LogP contribution in [0.2, 0.25) is 0 Å². The van der Waals surface area contributed by atoms with Crippen LogP contribution in [-0.2, 0) is 11.2 Å². The number of carbonyl (C=O) groups excluding carboxylic acids is 1. The first-order valence-corrected chi connectivity index (χ1v) is 8.75. The molecule has 3 rings (SSSR count). The Labute approximate surface area is 134 Å². The topological polar surface area (TPSA) is 68.0 Å². The maximum atomic E-state index is 12.1. The average Bonchev–Trinajstić information content (AvgIpc) is 3.19. The Kier molecular flexibility index (Phi) is 4.87. The summed E-state index contributed by atoms with van der Waals surface area (Å²) < 4.78 is 5.31. The van der Waals surface area contributed by atoms with Gasteiger partial charge in [-0.2, -0.15) is 4.98 Å². The summed E-state index contributed by atoms with van der Waals surface area (Å²) in [6.07, 6.45) is 6.04. The van der Waals surface area contributed by atoms with Crippen molar-refractivity contribution in [1.82, 2.24) is 15.5 Å². The summed E-state index contributed by atoms with van der Waals surface area (Å²) in [4.78, 5) is 17.6. The summed E-state index contributed by atoms with van der Waals surface area (Å²) in [7, 11) is 0. The summed E-state index contributed by atoms with van der Waals surface area (Å²) in [5, 5.41) is 9.04. The molecule has 2 aromatic rings. The first kappa shape index (κ1) is 15.2. The molecule has 118 valence electrons. The van der Waals surface area contributed by atoms with Crippen LogP contribution < -0.4 is 5.32 Å². The maximum absolute atomic E-state index is 12.1. The van der Waals surface area contributed by atoms with E-state index in [9.17, 15) is 4.79 Å². The number of hydrogen-bond donors (Lipinski definition) is 1. The lowest BCUT2D eigenvalue weighted by Gasteiger charge is -2.22. The zero-order valence-electron chi connectivity index (χ0n) is 12.7. The van der Waals surface area contributed by atoms with E-state index in [-0.39, 0.29) is 18.2 Å². The van der Waals surface area contributed by atoms with Crippen LogP contribution in [0.25, 0.3) is 0 Å². The van der Waals surface area contributed by atoms with Gasteiger partial charge in [-0.15, -0.1) is 11.3 Å². The number of nitrogens with one attached hydrogen (secondary N) is 1. The Morgan fingerprint density at radius 1 is 1.45 bits per heavy atom. The van der Waals surface area contributed by atoms with Crippen LogP contribution in [0.1, 0.15) is 61.5 Å². The molecule has 1 aliphatic carbocycles. The van der Waals surface area contributed by atoms with E-state index in [2.05, 4.69) is 21.5 Å². The molecule has 0 aliphatic heterocycles. The van der Waals surface area contributed by atoms with Crippen LogP contribution in [0, 0.1) is 0 Å². The number of aromatic nitrogens is 2. The van der Waals surface area contributed by atoms with Crippen LogP contribution in [0.3, 0.4) is 0 Å². The highest BCUT2D eigenvalue weighted by Crippen LogP contribution is 2.26. The van der Waals surface area contributed by atoms with Gasteiger partial charge in [0.2, 0.25) is 11.8 Å². The van der Waals surface area contributed by atoms with Crippen LogP contribution in [-0.4, -0.2) is 22.1 Å². The van der Waals surface area contributed by atoms with E-state index < -0.39 is 0 Å². The van der Waals surface area contributed by atoms with E-state index in [1.54, 1.807) is 11.3 Å². The molecular formula is C16H21N3O2S. The quantitative estimate of drug-likeness (QED) is 0.918. The Bertz CT molecular complexity index is 603. The predicted octanol–water partition coefficient (Wildman–Crippen LogP) is 3.27. The molecule has 22 heavy (non-hydrogen) atoms. The molecular weight excluding hydrogens is 298 g/mol. The fourth-order valence-corrected chi connectivity index (χ4v) is 3.62. The molecule has 2 heterocycles. The molecule has 0 bridgehead atoms. The third-order valence-electron chi connectivity index (χ3n) is 4.11. The molecule has 1 atom stereocenters. The van der Waals surface area contributed by atoms with Crippen molar-refractivity contribution < 1.29 is 9.32 Å². The minimum absolute atomic E-state index is 0.0111. The highest BCUT2D eigenvalue weighted by atomic mass is 32.1. The van der Waals surface area contributed by atoms with Crippen molar-refractivity contribution >= 4 is 17.2 Å². The third-order valence-corrected chi connectivity index (χ3v) is 5.17. The van der Waals surface area contributed by atoms with Crippen molar-refractivity contribution in [2.75, 3.05) is 0 Å². The smallest absolute Gasteiger partial charge is 0.234 e. The van der Waals surface area contributed by atoms with E-state index in [4.69, 9.17) is 4.52 Å². The van der Waals surface area contributed by atoms with E-state index >= 15 is 0 Å². The van der Waals surface area contributed by atoms with Crippen molar-refractivity contribution in [2.24, 2.45) is 0 Å². The number of rotatable bonds is 5. The first-order valence-electron chi connectivity index (χ1n) is 7.87. The standard InChI is InChI=1S/C16H21N3O2S/c1-11(13-8-5-9-22-13)16-18-14(19-21-16)10-15(20)17-12-6-3-2-4-7-12/h5,8-9,11-12H,2-4,6-7,10H2,1H3,(H,17,20). The minimum Gasteiger partial charge on any atom is -0.353 e. The van der Waals surface area contributed by atoms with Gasteiger partial charge in [0.05, 0.1) is 12.3 Å². The fourth-order valence-electron chi connectivity index (χ4n) is 2.84. The Balaban J connectivity index is 1.56. The van der Waals surface area contributed by atoms with Crippen LogP contribution in [0.4, 0.5) is 0 Å². The second-order valence-electron chi connectivity index (χ2n) is 5.87. The van der Waals surface area contributed by atoms with Gasteiger partial charge in [-0.1, -0.05) is 30.5 Å². The van der Waals surface area contributed by atoms with Gasteiger partial charge in [0.15, 0.2) is 5.82 Å². The lowest BCUT2D eigenvalue weighted by molar-refractivity contribution is -0.121. The lowest BCUT2D eigenvalue weighted by Crippen LogP contribution is -2.37. The number of thiophene rings is 1. The molecule has 2 aromatic heterocycles. The van der Waals surface area contributed by atoms with E-state index in [0.29, 0.717) is 17.8 Å². The van der Waals surface area contributed by atoms with Crippen LogP contribution >= 0.6 is 11.3 Å². The predicted molar refractivity (Wildman–Crippen MR) is 84.9 cm³/mol. The zero-order valence-corrected chi connectivity index (χ0v) is 13.6. The second kappa shape index (κ2) is 7.05. The van der Waals surface area contributed by atoms with Crippen molar-refractivity contribution in [3.05, 3.63) is 34.1 Å². The van der Waals surface area contributed by atoms with Gasteiger partial charge in [-0.3, -0.25) is 4.79 Å². The minimum atomic E-state index is -0.0111. The molecule has 0 saturated heterocycles. The zero-order chi connectivity index (χ0) is 15.4. The average molecular weight is 319 g/mol. The molecule has 1 amide bonds. The molecule has 0 radical (unpaired) electrons. The van der Waals surface area contributed by atoms with E-state index in [1.165, 1.54) is 24.1 Å². The van der Waals surface area contributed by atoms with Gasteiger partial charge in [-0.25, -0.2) is 0 Å². The van der Waals surface area contributed by atoms with Gasteiger partial charge in [-0.05, 0) is 31.2 Å². The highest BCUT2D eigenvalue weighted by Gasteiger charge is 2.20. The van der Waals surface area contributed by atoms with E-state index in [1.807, 2.05) is 18.4 Å². The van der Waals surface area contributed by atoms with Gasteiger partial charge in [0.1, 0.15) is 0 Å². The summed E-state index contributed by atoms with van der Waals surface area (Å²) in [5.74, 6) is 1.10. The van der Waals surface area contributed by atoms with Crippen molar-refractivity contribution in [2.45, 2.75) is 57.4 Å². The van der Waals surface area contributed by atoms with Gasteiger partial charge in [0, 0.05) is 10.9 Å². The summed E-state index contributed by atoms with van der Waals surface area (Å²) >= 11 is 1.67. The molecule has 1 saturated carbocycles. The molecule has 0 spiro atoms. The van der Waals surface area contributed by atoms with Gasteiger partial charge >= 0.3 is 0 Å². The normalized spacial score (nSPS) is 17.3. The van der Waals surface area contributed by atoms with Gasteiger partial charge in [0.25, 0.3) is 0 Å². The molecule has 6 heteroatoms. The molecule has 1 aliphatic rings.